The molecule has 13 heteroatoms. The van der Waals surface area contributed by atoms with Crippen molar-refractivity contribution in [2.75, 3.05) is 13.2 Å². The van der Waals surface area contributed by atoms with Crippen LogP contribution in [0, 0.1) is 101 Å². The average Bonchev–Trinajstić information content (AvgIpc) is 3.34. The molecule has 362 valence electrons. The van der Waals surface area contributed by atoms with Crippen molar-refractivity contribution in [3.05, 3.63) is 35.9 Å². The summed E-state index contributed by atoms with van der Waals surface area (Å²) < 4.78 is 35.5. The molecule has 69 heavy (non-hydrogen) atoms. The highest BCUT2D eigenvalue weighted by atomic mass is 16.7. The molecule has 2 unspecified atom stereocenters. The van der Waals surface area contributed by atoms with Gasteiger partial charge in [0.25, 0.3) is 5.91 Å². The fourth-order valence-corrected chi connectivity index (χ4v) is 7.22. The van der Waals surface area contributed by atoms with E-state index in [1.165, 1.54) is 45.4 Å². The highest BCUT2D eigenvalue weighted by Crippen LogP contribution is 2.31. The van der Waals surface area contributed by atoms with Crippen molar-refractivity contribution in [1.29, 1.82) is 0 Å². The van der Waals surface area contributed by atoms with E-state index in [2.05, 4.69) is 107 Å². The summed E-state index contributed by atoms with van der Waals surface area (Å²) in [7, 11) is 0. The monoisotopic (exact) mass is 939 g/mol. The van der Waals surface area contributed by atoms with Gasteiger partial charge in [-0.05, 0) is 115 Å². The molecule has 1 aromatic carbocycles. The van der Waals surface area contributed by atoms with Gasteiger partial charge in [-0.15, -0.1) is 0 Å². The van der Waals surface area contributed by atoms with Crippen molar-refractivity contribution in [1.82, 2.24) is 5.32 Å². The first-order valence-corrected chi connectivity index (χ1v) is 23.5. The number of esters is 4. The first-order valence-electron chi connectivity index (χ1n) is 23.5. The third-order valence-corrected chi connectivity index (χ3v) is 10.8. The summed E-state index contributed by atoms with van der Waals surface area (Å²) in [6.07, 6.45) is 5.02. The molecule has 2 bridgehead atoms. The van der Waals surface area contributed by atoms with Crippen molar-refractivity contribution >= 4 is 29.8 Å². The molecule has 1 aromatic rings. The van der Waals surface area contributed by atoms with Crippen LogP contribution < -0.4 is 5.32 Å². The molecule has 0 saturated carbocycles. The number of aliphatic hydroxyl groups is 1. The number of benzene rings is 1. The molecule has 2 aliphatic rings. The second-order valence-electron chi connectivity index (χ2n) is 16.1. The lowest BCUT2D eigenvalue weighted by atomic mass is 9.90. The maximum Gasteiger partial charge on any atom is 0.338 e. The van der Waals surface area contributed by atoms with E-state index in [1.807, 2.05) is 0 Å². The summed E-state index contributed by atoms with van der Waals surface area (Å²) in [5.41, 5.74) is 0.228. The van der Waals surface area contributed by atoms with Gasteiger partial charge >= 0.3 is 23.9 Å². The Morgan fingerprint density at radius 3 is 1.80 bits per heavy atom. The zero-order chi connectivity index (χ0) is 49.9. The number of fused-ring (bicyclic) bond motifs is 2. The van der Waals surface area contributed by atoms with E-state index in [4.69, 9.17) is 28.4 Å². The maximum atomic E-state index is 13.5. The van der Waals surface area contributed by atoms with E-state index < -0.39 is 91.8 Å². The first kappa shape index (κ1) is 56.3. The fourth-order valence-electron chi connectivity index (χ4n) is 7.22. The van der Waals surface area contributed by atoms with Gasteiger partial charge in [-0.1, -0.05) is 109 Å². The molecule has 1 amide bonds. The lowest BCUT2D eigenvalue weighted by Crippen LogP contribution is -2.59. The molecule has 3 rings (SSSR count). The third-order valence-electron chi connectivity index (χ3n) is 10.8. The van der Waals surface area contributed by atoms with Crippen LogP contribution in [0.15, 0.2) is 30.3 Å². The molecule has 0 radical (unpaired) electrons. The number of amides is 1. The molecule has 2 aliphatic heterocycles. The van der Waals surface area contributed by atoms with Crippen LogP contribution in [0.2, 0.25) is 0 Å². The Hall–Kier alpha value is -7.07. The largest absolute Gasteiger partial charge is 0.463 e. The molecular formula is C56H61NO12. The summed E-state index contributed by atoms with van der Waals surface area (Å²) in [6.45, 7) is 5.78. The quantitative estimate of drug-likeness (QED) is 0.0840. The maximum absolute atomic E-state index is 13.5. The van der Waals surface area contributed by atoms with Crippen LogP contribution in [0.5, 0.6) is 0 Å². The van der Waals surface area contributed by atoms with Crippen molar-refractivity contribution < 1.29 is 57.5 Å². The molecule has 0 aromatic heterocycles. The van der Waals surface area contributed by atoms with Gasteiger partial charge in [0, 0.05) is 18.8 Å². The summed E-state index contributed by atoms with van der Waals surface area (Å²) in [4.78, 5) is 65.9. The van der Waals surface area contributed by atoms with Crippen LogP contribution in [0.3, 0.4) is 0 Å². The number of aliphatic hydroxyl groups excluding tert-OH is 1. The van der Waals surface area contributed by atoms with Crippen molar-refractivity contribution in [2.45, 2.75) is 167 Å². The Morgan fingerprint density at radius 2 is 1.23 bits per heavy atom. The minimum Gasteiger partial charge on any atom is -0.463 e. The van der Waals surface area contributed by atoms with Crippen LogP contribution in [0.25, 0.3) is 0 Å². The van der Waals surface area contributed by atoms with E-state index in [0.717, 1.165) is 32.1 Å². The number of carbonyl (C=O) groups excluding carboxylic acids is 5. The highest BCUT2D eigenvalue weighted by molar-refractivity contribution is 5.94. The Bertz CT molecular complexity index is 2390. The predicted molar refractivity (Wildman–Crippen MR) is 257 cm³/mol. The van der Waals surface area contributed by atoms with Gasteiger partial charge in [-0.25, -0.2) is 4.79 Å². The number of ether oxygens (including phenoxy) is 6. The van der Waals surface area contributed by atoms with Gasteiger partial charge in [-0.2, -0.15) is 0 Å². The van der Waals surface area contributed by atoms with E-state index in [0.29, 0.717) is 6.42 Å². The van der Waals surface area contributed by atoms with Gasteiger partial charge in [0.1, 0.15) is 18.8 Å². The Kier molecular flexibility index (Phi) is 27.9. The zero-order valence-electron chi connectivity index (χ0n) is 40.0. The second kappa shape index (κ2) is 34.3. The summed E-state index contributed by atoms with van der Waals surface area (Å²) in [6, 6.07) is 6.93. The average molecular weight is 940 g/mol. The number of rotatable bonds is 17. The van der Waals surface area contributed by atoms with Crippen LogP contribution in [0.1, 0.15) is 134 Å². The smallest absolute Gasteiger partial charge is 0.338 e. The van der Waals surface area contributed by atoms with E-state index in [1.54, 1.807) is 44.2 Å². The summed E-state index contributed by atoms with van der Waals surface area (Å²) in [5, 5.41) is 14.0. The normalized spacial score (nSPS) is 21.6. The topological polar surface area (TPSA) is 173 Å². The molecule has 13 nitrogen and oxygen atoms in total. The molecule has 2 N–H and O–H groups in total. The van der Waals surface area contributed by atoms with E-state index >= 15 is 0 Å². The lowest BCUT2D eigenvalue weighted by Gasteiger charge is -2.43. The van der Waals surface area contributed by atoms with Gasteiger partial charge in [0.2, 0.25) is 0 Å². The minimum absolute atomic E-state index is 0.224. The van der Waals surface area contributed by atoms with Crippen molar-refractivity contribution in [2.24, 2.45) is 5.92 Å². The van der Waals surface area contributed by atoms with Crippen LogP contribution in [0.4, 0.5) is 0 Å². The summed E-state index contributed by atoms with van der Waals surface area (Å²) >= 11 is 0. The first-order chi connectivity index (χ1) is 33.5. The molecule has 0 aliphatic carbocycles. The Balaban J connectivity index is 1.92. The SMILES string of the molecule is CC#CC#CC#CC#CC#CC#CC#CC#CC(=O)N[C@H]1CO[C@H]2OC(COC(=O)CCC(=O)O[C@H](CCCCCCCCCCCCCC)[C@H]1OC(C)=O)[C@H](O)[C@H](C)C2OC(=O)c1ccccc1. The fraction of sp³-hybridized carbons (Fsp3) is 0.518. The number of unbranched alkanes of at least 4 members (excludes halogenated alkanes) is 11. The van der Waals surface area contributed by atoms with Crippen molar-refractivity contribution in [3.8, 4) is 94.7 Å². The van der Waals surface area contributed by atoms with Crippen LogP contribution >= 0.6 is 0 Å². The summed E-state index contributed by atoms with van der Waals surface area (Å²) in [5.74, 6) is 35.2. The van der Waals surface area contributed by atoms with Gasteiger partial charge in [0.05, 0.1) is 37.2 Å². The van der Waals surface area contributed by atoms with Crippen molar-refractivity contribution in [3.63, 3.8) is 0 Å². The Morgan fingerprint density at radius 1 is 0.696 bits per heavy atom. The number of hydrogen-bond donors (Lipinski definition) is 2. The molecule has 2 fully saturated rings. The minimum atomic E-state index is -1.41. The van der Waals surface area contributed by atoms with E-state index in [9.17, 15) is 29.1 Å². The Labute approximate surface area is 407 Å². The van der Waals surface area contributed by atoms with Gasteiger partial charge in [-0.3, -0.25) is 19.2 Å². The standard InChI is InChI=1S/C56H61NO12/c1-5-7-9-11-13-15-17-19-20-21-23-25-27-29-34-38-49(59)57-46-41-65-56-53(69-55(63)45-35-31-30-32-36-45)43(3)52(62)48(68-56)42-64-50(60)39-40-51(61)67-47(54(46)66-44(4)58)37-33-28-26-24-22-18-16-14-12-10-8-6-2/h30-32,35-36,43,46-48,52-54,56,62H,6,8,10,12,14,16,18,22,24,26,28,33,37,39-42H2,1-4H3,(H,57,59)/t43-,46-,47+,48?,52+,53?,54-,56-/m0/s1. The molecule has 2 heterocycles. The second-order valence-corrected chi connectivity index (χ2v) is 16.1. The van der Waals surface area contributed by atoms with Crippen LogP contribution in [-0.2, 0) is 47.6 Å². The number of cyclic esters (lactones) is 2. The predicted octanol–water partition coefficient (Wildman–Crippen LogP) is 5.75. The number of hydrogen-bond acceptors (Lipinski definition) is 12. The lowest BCUT2D eigenvalue weighted by molar-refractivity contribution is -0.290. The molecular weight excluding hydrogens is 879 g/mol. The van der Waals surface area contributed by atoms with E-state index in [-0.39, 0.29) is 24.8 Å². The highest BCUT2D eigenvalue weighted by Gasteiger charge is 2.47. The molecule has 2 saturated heterocycles. The number of carbonyl (C=O) groups is 5. The van der Waals surface area contributed by atoms with Crippen LogP contribution in [-0.4, -0.2) is 91.0 Å². The van der Waals surface area contributed by atoms with Gasteiger partial charge in [0.15, 0.2) is 18.5 Å². The zero-order valence-corrected chi connectivity index (χ0v) is 40.0. The number of nitrogens with one attached hydrogen (secondary N) is 1. The van der Waals surface area contributed by atoms with Gasteiger partial charge < -0.3 is 38.8 Å². The molecule has 0 spiro atoms. The molecule has 8 atom stereocenters. The third kappa shape index (κ3) is 23.5.